The number of imide groups is 1. The van der Waals surface area contributed by atoms with Crippen molar-refractivity contribution in [1.82, 2.24) is 0 Å². The first kappa shape index (κ1) is 21.2. The first-order valence-electron chi connectivity index (χ1n) is 9.84. The average Bonchev–Trinajstić information content (AvgIpc) is 3.06. The number of nitrogens with one attached hydrogen (secondary N) is 1. The molecule has 2 aromatic carbocycles. The molecule has 1 atom stereocenters. The van der Waals surface area contributed by atoms with E-state index in [0.717, 1.165) is 10.5 Å². The van der Waals surface area contributed by atoms with Crippen molar-refractivity contribution in [2.24, 2.45) is 0 Å². The van der Waals surface area contributed by atoms with Gasteiger partial charge < -0.3 is 10.1 Å². The molecule has 0 saturated carbocycles. The summed E-state index contributed by atoms with van der Waals surface area (Å²) >= 11 is 0. The Labute approximate surface area is 175 Å². The zero-order valence-electron chi connectivity index (χ0n) is 17.2. The number of anilines is 2. The number of hydrogen-bond donors (Lipinski definition) is 1. The normalized spacial score (nSPS) is 14.7. The molecule has 156 valence electrons. The fourth-order valence-corrected chi connectivity index (χ4v) is 3.24. The van der Waals surface area contributed by atoms with Crippen LogP contribution in [0.15, 0.2) is 48.5 Å². The molecule has 30 heavy (non-hydrogen) atoms. The van der Waals surface area contributed by atoms with Gasteiger partial charge in [-0.3, -0.25) is 19.3 Å². The topological polar surface area (TPSA) is 92.8 Å². The highest BCUT2D eigenvalue weighted by molar-refractivity contribution is 6.19. The van der Waals surface area contributed by atoms with Gasteiger partial charge in [0.05, 0.1) is 11.3 Å². The molecule has 0 aromatic heterocycles. The van der Waals surface area contributed by atoms with Crippen LogP contribution in [0, 0.1) is 0 Å². The molecule has 1 aliphatic rings. The highest BCUT2D eigenvalue weighted by atomic mass is 16.5. The fraction of sp³-hybridized carbons (Fsp3) is 0.304. The van der Waals surface area contributed by atoms with Crippen LogP contribution in [0.2, 0.25) is 0 Å². The van der Waals surface area contributed by atoms with Crippen molar-refractivity contribution < 1.29 is 23.9 Å². The van der Waals surface area contributed by atoms with E-state index in [0.29, 0.717) is 11.4 Å². The molecule has 7 heteroatoms. The molecule has 0 bridgehead atoms. The maximum Gasteiger partial charge on any atom is 0.338 e. The summed E-state index contributed by atoms with van der Waals surface area (Å²) in [5.74, 6) is -1.39. The van der Waals surface area contributed by atoms with Crippen LogP contribution < -0.4 is 10.2 Å². The summed E-state index contributed by atoms with van der Waals surface area (Å²) in [6, 6.07) is 13.4. The molecule has 0 aliphatic carbocycles. The maximum atomic E-state index is 12.5. The van der Waals surface area contributed by atoms with Crippen molar-refractivity contribution in [2.45, 2.75) is 45.6 Å². The molecule has 3 rings (SSSR count). The van der Waals surface area contributed by atoms with Crippen molar-refractivity contribution >= 4 is 35.1 Å². The molecule has 7 nitrogen and oxygen atoms in total. The maximum absolute atomic E-state index is 12.5. The summed E-state index contributed by atoms with van der Waals surface area (Å²) in [4.78, 5) is 49.6. The minimum Gasteiger partial charge on any atom is -0.449 e. The summed E-state index contributed by atoms with van der Waals surface area (Å²) in [7, 11) is 0. The van der Waals surface area contributed by atoms with E-state index < -0.39 is 18.0 Å². The second-order valence-corrected chi connectivity index (χ2v) is 7.45. The Morgan fingerprint density at radius 3 is 2.13 bits per heavy atom. The minimum absolute atomic E-state index is 0.190. The Kier molecular flexibility index (Phi) is 6.30. The van der Waals surface area contributed by atoms with E-state index >= 15 is 0 Å². The number of esters is 1. The zero-order chi connectivity index (χ0) is 21.8. The van der Waals surface area contributed by atoms with Gasteiger partial charge in [0.1, 0.15) is 0 Å². The zero-order valence-corrected chi connectivity index (χ0v) is 17.2. The van der Waals surface area contributed by atoms with Gasteiger partial charge in [0.25, 0.3) is 5.91 Å². The third-order valence-corrected chi connectivity index (χ3v) is 4.91. The van der Waals surface area contributed by atoms with Gasteiger partial charge in [0.2, 0.25) is 11.8 Å². The summed E-state index contributed by atoms with van der Waals surface area (Å²) in [5, 5.41) is 2.81. The molecule has 1 saturated heterocycles. The monoisotopic (exact) mass is 408 g/mol. The van der Waals surface area contributed by atoms with Crippen LogP contribution in [0.3, 0.4) is 0 Å². The number of benzene rings is 2. The van der Waals surface area contributed by atoms with E-state index in [4.69, 9.17) is 4.74 Å². The van der Waals surface area contributed by atoms with Crippen LogP contribution in [-0.4, -0.2) is 29.8 Å². The number of carbonyl (C=O) groups excluding carboxylic acids is 4. The predicted octanol–water partition coefficient (Wildman–Crippen LogP) is 3.65. The van der Waals surface area contributed by atoms with Crippen molar-refractivity contribution in [2.75, 3.05) is 10.2 Å². The molecule has 0 spiro atoms. The Morgan fingerprint density at radius 1 is 0.933 bits per heavy atom. The van der Waals surface area contributed by atoms with E-state index in [1.165, 1.54) is 31.2 Å². The number of ether oxygens (including phenoxy) is 1. The van der Waals surface area contributed by atoms with Gasteiger partial charge in [-0.25, -0.2) is 4.79 Å². The second kappa shape index (κ2) is 8.90. The van der Waals surface area contributed by atoms with Gasteiger partial charge in [-0.15, -0.1) is 0 Å². The van der Waals surface area contributed by atoms with E-state index in [9.17, 15) is 19.2 Å². The Hall–Kier alpha value is -3.48. The highest BCUT2D eigenvalue weighted by Gasteiger charge is 2.30. The van der Waals surface area contributed by atoms with Crippen LogP contribution in [-0.2, 0) is 19.1 Å². The van der Waals surface area contributed by atoms with Crippen LogP contribution in [0.5, 0.6) is 0 Å². The lowest BCUT2D eigenvalue weighted by molar-refractivity contribution is -0.124. The lowest BCUT2D eigenvalue weighted by Crippen LogP contribution is -2.30. The standard InChI is InChI=1S/C23H24N2O5/c1-14(2)18-6-4-5-7-19(18)24-22(28)15(3)30-23(29)16-8-10-17(11-9-16)25-20(26)12-13-21(25)27/h4-11,14-15H,12-13H2,1-3H3,(H,24,28)/t15-/m1/s1. The fourth-order valence-electron chi connectivity index (χ4n) is 3.24. The number of rotatable bonds is 6. The second-order valence-electron chi connectivity index (χ2n) is 7.45. The van der Waals surface area contributed by atoms with Gasteiger partial charge >= 0.3 is 5.97 Å². The largest absolute Gasteiger partial charge is 0.449 e. The van der Waals surface area contributed by atoms with Crippen molar-refractivity contribution in [3.63, 3.8) is 0 Å². The smallest absolute Gasteiger partial charge is 0.338 e. The third kappa shape index (κ3) is 4.56. The van der Waals surface area contributed by atoms with E-state index in [2.05, 4.69) is 5.32 Å². The number of carbonyl (C=O) groups is 4. The molecule has 1 fully saturated rings. The van der Waals surface area contributed by atoms with Gasteiger partial charge in [-0.2, -0.15) is 0 Å². The molecule has 1 aliphatic heterocycles. The molecule has 0 unspecified atom stereocenters. The van der Waals surface area contributed by atoms with Crippen LogP contribution in [0.25, 0.3) is 0 Å². The third-order valence-electron chi connectivity index (χ3n) is 4.91. The van der Waals surface area contributed by atoms with Crippen molar-refractivity contribution in [3.05, 3.63) is 59.7 Å². The van der Waals surface area contributed by atoms with Gasteiger partial charge in [0, 0.05) is 18.5 Å². The summed E-state index contributed by atoms with van der Waals surface area (Å²) < 4.78 is 5.28. The first-order valence-corrected chi connectivity index (χ1v) is 9.84. The predicted molar refractivity (Wildman–Crippen MR) is 112 cm³/mol. The summed E-state index contributed by atoms with van der Waals surface area (Å²) in [6.07, 6.45) is -0.621. The Bertz CT molecular complexity index is 965. The number of hydrogen-bond acceptors (Lipinski definition) is 5. The number of amides is 3. The summed E-state index contributed by atoms with van der Waals surface area (Å²) in [6.45, 7) is 5.56. The average molecular weight is 408 g/mol. The lowest BCUT2D eigenvalue weighted by atomic mass is 10.0. The van der Waals surface area contributed by atoms with Crippen LogP contribution in [0.4, 0.5) is 11.4 Å². The Morgan fingerprint density at radius 2 is 1.53 bits per heavy atom. The van der Waals surface area contributed by atoms with E-state index in [1.807, 2.05) is 32.0 Å². The van der Waals surface area contributed by atoms with Crippen LogP contribution >= 0.6 is 0 Å². The quantitative estimate of drug-likeness (QED) is 0.582. The minimum atomic E-state index is -1.00. The first-order chi connectivity index (χ1) is 14.3. The van der Waals surface area contributed by atoms with Gasteiger partial charge in [-0.05, 0) is 48.7 Å². The molecule has 3 amide bonds. The van der Waals surface area contributed by atoms with Crippen LogP contribution in [0.1, 0.15) is 55.5 Å². The van der Waals surface area contributed by atoms with Crippen molar-refractivity contribution in [1.29, 1.82) is 0 Å². The molecular weight excluding hydrogens is 384 g/mol. The van der Waals surface area contributed by atoms with Gasteiger partial charge in [-0.1, -0.05) is 32.0 Å². The van der Waals surface area contributed by atoms with Crippen molar-refractivity contribution in [3.8, 4) is 0 Å². The summed E-state index contributed by atoms with van der Waals surface area (Å²) in [5.41, 5.74) is 2.31. The molecular formula is C23H24N2O5. The highest BCUT2D eigenvalue weighted by Crippen LogP contribution is 2.25. The SMILES string of the molecule is CC(C)c1ccccc1NC(=O)[C@@H](C)OC(=O)c1ccc(N2C(=O)CCC2=O)cc1. The van der Waals surface area contributed by atoms with E-state index in [-0.39, 0.29) is 36.1 Å². The number of nitrogens with zero attached hydrogens (tertiary/aromatic N) is 1. The molecule has 0 radical (unpaired) electrons. The molecule has 1 N–H and O–H groups in total. The number of para-hydroxylation sites is 1. The Balaban J connectivity index is 1.63. The van der Waals surface area contributed by atoms with Gasteiger partial charge in [0.15, 0.2) is 6.10 Å². The van der Waals surface area contributed by atoms with E-state index in [1.54, 1.807) is 6.07 Å². The molecule has 2 aromatic rings. The molecule has 1 heterocycles. The lowest BCUT2D eigenvalue weighted by Gasteiger charge is -2.17.